The van der Waals surface area contributed by atoms with E-state index in [4.69, 9.17) is 23.2 Å². The molecule has 0 bridgehead atoms. The van der Waals surface area contributed by atoms with Gasteiger partial charge in [0.2, 0.25) is 5.91 Å². The molecule has 0 aliphatic heterocycles. The van der Waals surface area contributed by atoms with E-state index in [0.717, 1.165) is 22.4 Å². The Morgan fingerprint density at radius 1 is 1.18 bits per heavy atom. The summed E-state index contributed by atoms with van der Waals surface area (Å²) in [6, 6.07) is 10.8. The van der Waals surface area contributed by atoms with Crippen molar-refractivity contribution in [2.24, 2.45) is 0 Å². The molecule has 3 rings (SSSR count). The fourth-order valence-corrected chi connectivity index (χ4v) is 3.18. The Labute approximate surface area is 173 Å². The zero-order chi connectivity index (χ0) is 20.3. The van der Waals surface area contributed by atoms with Crippen molar-refractivity contribution in [3.63, 3.8) is 0 Å². The summed E-state index contributed by atoms with van der Waals surface area (Å²) < 4.78 is 1.72. The van der Waals surface area contributed by atoms with Crippen LogP contribution < -0.4 is 5.32 Å². The summed E-state index contributed by atoms with van der Waals surface area (Å²) in [5, 5.41) is 21.5. The van der Waals surface area contributed by atoms with Crippen LogP contribution in [0.2, 0.25) is 10.0 Å². The highest BCUT2D eigenvalue weighted by Gasteiger charge is 2.15. The lowest BCUT2D eigenvalue weighted by Crippen LogP contribution is -2.16. The van der Waals surface area contributed by atoms with Gasteiger partial charge in [-0.3, -0.25) is 4.79 Å². The van der Waals surface area contributed by atoms with Crippen LogP contribution in [-0.2, 0) is 24.4 Å². The lowest BCUT2D eigenvalue weighted by atomic mass is 10.1. The van der Waals surface area contributed by atoms with Gasteiger partial charge in [-0.2, -0.15) is 0 Å². The highest BCUT2D eigenvalue weighted by Crippen LogP contribution is 2.23. The van der Waals surface area contributed by atoms with Crippen LogP contribution in [0, 0.1) is 13.8 Å². The maximum atomic E-state index is 12.5. The van der Waals surface area contributed by atoms with E-state index in [-0.39, 0.29) is 18.9 Å². The van der Waals surface area contributed by atoms with Gasteiger partial charge in [-0.15, -0.1) is 5.10 Å². The minimum atomic E-state index is -0.192. The van der Waals surface area contributed by atoms with Gasteiger partial charge >= 0.3 is 0 Å². The molecule has 1 aromatic heterocycles. The largest absolute Gasteiger partial charge is 0.392 e. The molecule has 6 nitrogen and oxygen atoms in total. The molecule has 28 heavy (non-hydrogen) atoms. The number of carbonyl (C=O) groups is 1. The molecule has 1 heterocycles. The van der Waals surface area contributed by atoms with Gasteiger partial charge in [-0.1, -0.05) is 46.6 Å². The minimum Gasteiger partial charge on any atom is -0.392 e. The highest BCUT2D eigenvalue weighted by molar-refractivity contribution is 6.42. The van der Waals surface area contributed by atoms with Gasteiger partial charge in [0.1, 0.15) is 0 Å². The Morgan fingerprint density at radius 2 is 1.96 bits per heavy atom. The number of aliphatic hydroxyl groups is 1. The molecule has 8 heteroatoms. The molecule has 0 unspecified atom stereocenters. The predicted molar refractivity (Wildman–Crippen MR) is 110 cm³/mol. The topological polar surface area (TPSA) is 80.0 Å². The summed E-state index contributed by atoms with van der Waals surface area (Å²) >= 11 is 12.0. The van der Waals surface area contributed by atoms with Crippen LogP contribution in [0.3, 0.4) is 0 Å². The first kappa shape index (κ1) is 20.3. The van der Waals surface area contributed by atoms with Crippen LogP contribution in [0.1, 0.15) is 28.1 Å². The molecule has 0 atom stereocenters. The summed E-state index contributed by atoms with van der Waals surface area (Å²) in [5.41, 5.74) is 4.66. The number of amides is 1. The van der Waals surface area contributed by atoms with Crippen molar-refractivity contribution in [3.05, 3.63) is 74.5 Å². The fraction of sp³-hybridized carbons (Fsp3) is 0.250. The third-order valence-electron chi connectivity index (χ3n) is 4.61. The van der Waals surface area contributed by atoms with Gasteiger partial charge in [0.25, 0.3) is 0 Å². The summed E-state index contributed by atoms with van der Waals surface area (Å²) in [5.74, 6) is -0.192. The van der Waals surface area contributed by atoms with Gasteiger partial charge in [0.15, 0.2) is 0 Å². The molecular weight excluding hydrogens is 399 g/mol. The van der Waals surface area contributed by atoms with Crippen molar-refractivity contribution in [1.29, 1.82) is 0 Å². The summed E-state index contributed by atoms with van der Waals surface area (Å²) in [6.45, 7) is 4.14. The second kappa shape index (κ2) is 8.73. The lowest BCUT2D eigenvalue weighted by Gasteiger charge is -2.11. The second-order valence-electron chi connectivity index (χ2n) is 6.50. The molecule has 3 aromatic rings. The number of aromatic nitrogens is 3. The summed E-state index contributed by atoms with van der Waals surface area (Å²) in [6.07, 6.45) is 0.107. The molecule has 0 fully saturated rings. The zero-order valence-corrected chi connectivity index (χ0v) is 17.1. The van der Waals surface area contributed by atoms with Crippen molar-refractivity contribution < 1.29 is 9.90 Å². The monoisotopic (exact) mass is 418 g/mol. The summed E-state index contributed by atoms with van der Waals surface area (Å²) in [4.78, 5) is 12.5. The third-order valence-corrected chi connectivity index (χ3v) is 5.35. The number of aliphatic hydroxyl groups excluding tert-OH is 1. The van der Waals surface area contributed by atoms with E-state index in [2.05, 4.69) is 15.6 Å². The predicted octanol–water partition coefficient (Wildman–Crippen LogP) is 3.92. The first-order valence-electron chi connectivity index (χ1n) is 8.71. The lowest BCUT2D eigenvalue weighted by molar-refractivity contribution is -0.115. The van der Waals surface area contributed by atoms with Crippen LogP contribution in [0.25, 0.3) is 0 Å². The molecule has 0 saturated heterocycles. The number of carbonyl (C=O) groups excluding carboxylic acids is 1. The van der Waals surface area contributed by atoms with Crippen molar-refractivity contribution in [1.82, 2.24) is 15.0 Å². The van der Waals surface area contributed by atoms with E-state index >= 15 is 0 Å². The van der Waals surface area contributed by atoms with Crippen LogP contribution in [-0.4, -0.2) is 26.0 Å². The maximum Gasteiger partial charge on any atom is 0.230 e. The molecule has 146 valence electrons. The molecule has 0 radical (unpaired) electrons. The quantitative estimate of drug-likeness (QED) is 0.635. The van der Waals surface area contributed by atoms with Crippen LogP contribution in [0.5, 0.6) is 0 Å². The Kier molecular flexibility index (Phi) is 6.34. The fourth-order valence-electron chi connectivity index (χ4n) is 2.86. The number of hydrogen-bond acceptors (Lipinski definition) is 4. The zero-order valence-electron chi connectivity index (χ0n) is 15.5. The normalized spacial score (nSPS) is 10.9. The van der Waals surface area contributed by atoms with Crippen LogP contribution in [0.15, 0.2) is 36.4 Å². The molecule has 0 spiro atoms. The molecule has 1 amide bonds. The van der Waals surface area contributed by atoms with Crippen LogP contribution >= 0.6 is 23.2 Å². The van der Waals surface area contributed by atoms with E-state index < -0.39 is 0 Å². The van der Waals surface area contributed by atoms with Crippen molar-refractivity contribution in [2.45, 2.75) is 33.4 Å². The number of rotatable bonds is 6. The van der Waals surface area contributed by atoms with Gasteiger partial charge in [-0.05, 0) is 48.7 Å². The van der Waals surface area contributed by atoms with E-state index in [1.165, 1.54) is 0 Å². The molecular formula is C20H20Cl2N4O2. The van der Waals surface area contributed by atoms with Gasteiger partial charge in [-0.25, -0.2) is 4.68 Å². The SMILES string of the molecule is Cc1c(CO)cccc1NC(=O)Cc1nnn(Cc2ccc(Cl)c(Cl)c2)c1C. The van der Waals surface area contributed by atoms with E-state index in [1.807, 2.05) is 26.0 Å². The van der Waals surface area contributed by atoms with Gasteiger partial charge in [0.05, 0.1) is 41.0 Å². The van der Waals surface area contributed by atoms with E-state index in [1.54, 1.807) is 28.9 Å². The average molecular weight is 419 g/mol. The Morgan fingerprint density at radius 3 is 2.68 bits per heavy atom. The van der Waals surface area contributed by atoms with Crippen molar-refractivity contribution >= 4 is 34.8 Å². The third kappa shape index (κ3) is 4.52. The number of halogens is 2. The first-order valence-corrected chi connectivity index (χ1v) is 9.46. The number of nitrogens with zero attached hydrogens (tertiary/aromatic N) is 3. The highest BCUT2D eigenvalue weighted by atomic mass is 35.5. The summed E-state index contributed by atoms with van der Waals surface area (Å²) in [7, 11) is 0. The van der Waals surface area contributed by atoms with Crippen LogP contribution in [0.4, 0.5) is 5.69 Å². The standard InChI is InChI=1S/C20H20Cl2N4O2/c1-12-15(11-27)4-3-5-18(12)23-20(28)9-19-13(2)26(25-24-19)10-14-6-7-16(21)17(22)8-14/h3-8,27H,9-11H2,1-2H3,(H,23,28). The number of anilines is 1. The number of hydrogen-bond donors (Lipinski definition) is 2. The first-order chi connectivity index (χ1) is 13.4. The Balaban J connectivity index is 1.70. The molecule has 2 aromatic carbocycles. The molecule has 0 saturated carbocycles. The van der Waals surface area contributed by atoms with Gasteiger partial charge < -0.3 is 10.4 Å². The van der Waals surface area contributed by atoms with Crippen molar-refractivity contribution in [2.75, 3.05) is 5.32 Å². The minimum absolute atomic E-state index is 0.0717. The second-order valence-corrected chi connectivity index (χ2v) is 7.31. The van der Waals surface area contributed by atoms with E-state index in [0.29, 0.717) is 28.0 Å². The number of nitrogens with one attached hydrogen (secondary N) is 1. The Bertz CT molecular complexity index is 1020. The van der Waals surface area contributed by atoms with Crippen molar-refractivity contribution in [3.8, 4) is 0 Å². The smallest absolute Gasteiger partial charge is 0.230 e. The molecule has 2 N–H and O–H groups in total. The van der Waals surface area contributed by atoms with Gasteiger partial charge in [0, 0.05) is 5.69 Å². The average Bonchev–Trinajstić information content (AvgIpc) is 3.00. The van der Waals surface area contributed by atoms with E-state index in [9.17, 15) is 9.90 Å². The Hall–Kier alpha value is -2.41. The maximum absolute atomic E-state index is 12.5. The number of benzene rings is 2. The molecule has 0 aliphatic rings. The molecule has 0 aliphatic carbocycles.